The summed E-state index contributed by atoms with van der Waals surface area (Å²) in [4.78, 5) is 0. The maximum Gasteiger partial charge on any atom is 0.416 e. The van der Waals surface area contributed by atoms with Crippen LogP contribution in [0.15, 0.2) is 42.5 Å². The second kappa shape index (κ2) is 11.9. The summed E-state index contributed by atoms with van der Waals surface area (Å²) in [5.41, 5.74) is 7.96. The van der Waals surface area contributed by atoms with Gasteiger partial charge in [-0.2, -0.15) is 13.2 Å². The molecule has 3 aromatic carbocycles. The van der Waals surface area contributed by atoms with Crippen molar-refractivity contribution in [3.8, 4) is 33.8 Å². The molecule has 0 saturated heterocycles. The molecular formula is C31H37F3O2. The first-order valence-corrected chi connectivity index (χ1v) is 12.8. The third kappa shape index (κ3) is 5.55. The van der Waals surface area contributed by atoms with Crippen LogP contribution in [0.4, 0.5) is 13.2 Å². The van der Waals surface area contributed by atoms with Crippen LogP contribution in [-0.4, -0.2) is 14.2 Å². The van der Waals surface area contributed by atoms with Gasteiger partial charge >= 0.3 is 6.18 Å². The van der Waals surface area contributed by atoms with E-state index in [1.165, 1.54) is 28.8 Å². The molecule has 0 aromatic heterocycles. The zero-order chi connectivity index (χ0) is 26.5. The largest absolute Gasteiger partial charge is 0.496 e. The van der Waals surface area contributed by atoms with E-state index in [0.29, 0.717) is 0 Å². The fourth-order valence-electron chi connectivity index (χ4n) is 5.17. The molecule has 0 heterocycles. The highest BCUT2D eigenvalue weighted by molar-refractivity contribution is 5.88. The van der Waals surface area contributed by atoms with Crippen molar-refractivity contribution in [3.05, 3.63) is 70.3 Å². The van der Waals surface area contributed by atoms with Crippen LogP contribution in [0.2, 0.25) is 0 Å². The molecule has 3 rings (SSSR count). The van der Waals surface area contributed by atoms with E-state index < -0.39 is 11.7 Å². The van der Waals surface area contributed by atoms with Gasteiger partial charge in [0.1, 0.15) is 11.5 Å². The summed E-state index contributed by atoms with van der Waals surface area (Å²) in [6, 6.07) is 11.7. The number of aryl methyl sites for hydroxylation is 2. The Morgan fingerprint density at radius 1 is 0.667 bits per heavy atom. The maximum atomic E-state index is 13.3. The predicted molar refractivity (Wildman–Crippen MR) is 142 cm³/mol. The third-order valence-electron chi connectivity index (χ3n) is 6.70. The van der Waals surface area contributed by atoms with Crippen molar-refractivity contribution in [2.45, 2.75) is 72.4 Å². The van der Waals surface area contributed by atoms with Crippen molar-refractivity contribution < 1.29 is 22.6 Å². The average molecular weight is 499 g/mol. The molecule has 0 fully saturated rings. The number of rotatable bonds is 10. The fourth-order valence-corrected chi connectivity index (χ4v) is 5.17. The lowest BCUT2D eigenvalue weighted by atomic mass is 9.80. The molecule has 2 nitrogen and oxygen atoms in total. The van der Waals surface area contributed by atoms with Crippen molar-refractivity contribution in [3.63, 3.8) is 0 Å². The van der Waals surface area contributed by atoms with E-state index in [0.717, 1.165) is 77.8 Å². The molecule has 0 aliphatic heterocycles. The van der Waals surface area contributed by atoms with Crippen LogP contribution >= 0.6 is 0 Å². The molecule has 0 spiro atoms. The summed E-state index contributed by atoms with van der Waals surface area (Å²) < 4.78 is 51.5. The fraction of sp³-hybridized carbons (Fsp3) is 0.419. The monoisotopic (exact) mass is 498 g/mol. The molecule has 0 atom stereocenters. The standard InChI is InChI=1S/C31H37F3O2/c1-7-10-22-19-23(11-8-2)30(28-20(4)26(35-5)17-18-27(28)36-6)25(12-9-3)29(22)21-13-15-24(16-14-21)31(32,33)34/h13-19H,7-12H2,1-6H3. The highest BCUT2D eigenvalue weighted by Crippen LogP contribution is 2.46. The number of hydrogen-bond acceptors (Lipinski definition) is 2. The Balaban J connectivity index is 2.47. The van der Waals surface area contributed by atoms with E-state index in [1.807, 2.05) is 19.1 Å². The third-order valence-corrected chi connectivity index (χ3v) is 6.70. The Labute approximate surface area is 213 Å². The predicted octanol–water partition coefficient (Wildman–Crippen LogP) is 9.22. The lowest BCUT2D eigenvalue weighted by Gasteiger charge is -2.26. The van der Waals surface area contributed by atoms with Gasteiger partial charge in [-0.3, -0.25) is 0 Å². The number of benzene rings is 3. The molecule has 0 amide bonds. The first-order chi connectivity index (χ1) is 17.2. The quantitative estimate of drug-likeness (QED) is 0.277. The molecule has 0 aliphatic rings. The zero-order valence-corrected chi connectivity index (χ0v) is 22.2. The summed E-state index contributed by atoms with van der Waals surface area (Å²) in [7, 11) is 3.34. The molecule has 0 unspecified atom stereocenters. The number of methoxy groups -OCH3 is 2. The molecule has 194 valence electrons. The Kier molecular flexibility index (Phi) is 9.10. The van der Waals surface area contributed by atoms with Gasteiger partial charge in [0.15, 0.2) is 0 Å². The first-order valence-electron chi connectivity index (χ1n) is 12.8. The Hall–Kier alpha value is -2.95. The van der Waals surface area contributed by atoms with E-state index in [-0.39, 0.29) is 0 Å². The van der Waals surface area contributed by atoms with Gasteiger partial charge in [0.05, 0.1) is 19.8 Å². The summed E-state index contributed by atoms with van der Waals surface area (Å²) in [6.45, 7) is 8.49. The van der Waals surface area contributed by atoms with Crippen molar-refractivity contribution in [2.75, 3.05) is 14.2 Å². The molecular weight excluding hydrogens is 461 g/mol. The number of alkyl halides is 3. The number of ether oxygens (including phenoxy) is 2. The maximum absolute atomic E-state index is 13.3. The van der Waals surface area contributed by atoms with Gasteiger partial charge in [-0.1, -0.05) is 58.2 Å². The van der Waals surface area contributed by atoms with Crippen LogP contribution in [0.5, 0.6) is 11.5 Å². The van der Waals surface area contributed by atoms with Crippen molar-refractivity contribution in [2.24, 2.45) is 0 Å². The highest BCUT2D eigenvalue weighted by Gasteiger charge is 2.30. The van der Waals surface area contributed by atoms with Crippen molar-refractivity contribution in [1.29, 1.82) is 0 Å². The van der Waals surface area contributed by atoms with Gasteiger partial charge in [-0.25, -0.2) is 0 Å². The molecule has 3 aromatic rings. The molecule has 0 bridgehead atoms. The van der Waals surface area contributed by atoms with Gasteiger partial charge in [-0.05, 0) is 83.8 Å². The van der Waals surface area contributed by atoms with Crippen LogP contribution in [0, 0.1) is 6.92 Å². The summed E-state index contributed by atoms with van der Waals surface area (Å²) in [6.07, 6.45) is 1.04. The zero-order valence-electron chi connectivity index (χ0n) is 22.2. The van der Waals surface area contributed by atoms with Crippen molar-refractivity contribution in [1.82, 2.24) is 0 Å². The molecule has 0 saturated carbocycles. The van der Waals surface area contributed by atoms with E-state index >= 15 is 0 Å². The number of halogens is 3. The smallest absolute Gasteiger partial charge is 0.416 e. The van der Waals surface area contributed by atoms with Gasteiger partial charge in [-0.15, -0.1) is 0 Å². The lowest BCUT2D eigenvalue weighted by molar-refractivity contribution is -0.137. The minimum Gasteiger partial charge on any atom is -0.496 e. The highest BCUT2D eigenvalue weighted by atomic mass is 19.4. The van der Waals surface area contributed by atoms with Crippen molar-refractivity contribution >= 4 is 0 Å². The Morgan fingerprint density at radius 3 is 1.69 bits per heavy atom. The minimum absolute atomic E-state index is 0.631. The normalized spacial score (nSPS) is 11.6. The molecule has 0 N–H and O–H groups in total. The Bertz CT molecular complexity index is 1180. The van der Waals surface area contributed by atoms with Gasteiger partial charge in [0, 0.05) is 11.1 Å². The van der Waals surface area contributed by atoms with Crippen LogP contribution in [0.25, 0.3) is 22.3 Å². The van der Waals surface area contributed by atoms with E-state index in [4.69, 9.17) is 9.47 Å². The Morgan fingerprint density at radius 2 is 1.19 bits per heavy atom. The summed E-state index contributed by atoms with van der Waals surface area (Å²) in [5.74, 6) is 1.55. The molecule has 0 aliphatic carbocycles. The minimum atomic E-state index is -4.36. The van der Waals surface area contributed by atoms with Gasteiger partial charge < -0.3 is 9.47 Å². The van der Waals surface area contributed by atoms with Crippen LogP contribution < -0.4 is 9.47 Å². The second-order valence-corrected chi connectivity index (χ2v) is 9.22. The second-order valence-electron chi connectivity index (χ2n) is 9.22. The van der Waals surface area contributed by atoms with E-state index in [1.54, 1.807) is 26.4 Å². The molecule has 5 heteroatoms. The van der Waals surface area contributed by atoms with Crippen LogP contribution in [0.1, 0.15) is 67.9 Å². The van der Waals surface area contributed by atoms with Gasteiger partial charge in [0.25, 0.3) is 0 Å². The molecule has 0 radical (unpaired) electrons. The van der Waals surface area contributed by atoms with Crippen LogP contribution in [-0.2, 0) is 25.4 Å². The summed E-state index contributed by atoms with van der Waals surface area (Å²) in [5, 5.41) is 0. The average Bonchev–Trinajstić information content (AvgIpc) is 2.85. The van der Waals surface area contributed by atoms with E-state index in [2.05, 4.69) is 26.8 Å². The number of hydrogen-bond donors (Lipinski definition) is 0. The first kappa shape index (κ1) is 27.6. The van der Waals surface area contributed by atoms with E-state index in [9.17, 15) is 13.2 Å². The summed E-state index contributed by atoms with van der Waals surface area (Å²) >= 11 is 0. The topological polar surface area (TPSA) is 18.5 Å². The lowest BCUT2D eigenvalue weighted by Crippen LogP contribution is -2.07. The van der Waals surface area contributed by atoms with Crippen LogP contribution in [0.3, 0.4) is 0 Å². The SMILES string of the molecule is CCCc1cc(CCC)c(-c2c(OC)ccc(OC)c2C)c(CCC)c1-c1ccc(C(F)(F)F)cc1. The molecule has 36 heavy (non-hydrogen) atoms. The van der Waals surface area contributed by atoms with Gasteiger partial charge in [0.2, 0.25) is 0 Å².